The highest BCUT2D eigenvalue weighted by atomic mass is 35.5. The Morgan fingerprint density at radius 3 is 2.82 bits per heavy atom. The van der Waals surface area contributed by atoms with Crippen molar-refractivity contribution < 1.29 is 4.52 Å². The zero-order chi connectivity index (χ0) is 7.84. The van der Waals surface area contributed by atoms with Crippen LogP contribution in [-0.4, -0.2) is 10.1 Å². The molecule has 1 aliphatic carbocycles. The number of halogens is 1. The first-order valence-corrected chi connectivity index (χ1v) is 4.18. The lowest BCUT2D eigenvalue weighted by Crippen LogP contribution is -1.87. The molecule has 0 spiro atoms. The summed E-state index contributed by atoms with van der Waals surface area (Å²) < 4.78 is 5.00. The van der Waals surface area contributed by atoms with Gasteiger partial charge in [0, 0.05) is 5.92 Å². The smallest absolute Gasteiger partial charge is 0.229 e. The average Bonchev–Trinajstić information content (AvgIpc) is 2.68. The Bertz CT molecular complexity index is 238. The number of alkyl halides is 1. The first-order chi connectivity index (χ1) is 5.27. The van der Waals surface area contributed by atoms with Crippen LogP contribution in [-0.2, 0) is 0 Å². The maximum Gasteiger partial charge on any atom is 0.229 e. The molecule has 1 atom stereocenters. The maximum absolute atomic E-state index is 5.76. The summed E-state index contributed by atoms with van der Waals surface area (Å²) in [5.41, 5.74) is 0. The van der Waals surface area contributed by atoms with E-state index in [2.05, 4.69) is 10.1 Å². The van der Waals surface area contributed by atoms with Crippen molar-refractivity contribution in [2.24, 2.45) is 0 Å². The van der Waals surface area contributed by atoms with E-state index in [1.165, 1.54) is 12.8 Å². The third kappa shape index (κ3) is 1.38. The molecule has 3 nitrogen and oxygen atoms in total. The lowest BCUT2D eigenvalue weighted by Gasteiger charge is -1.89. The number of nitrogens with zero attached hydrogens (tertiary/aromatic N) is 2. The summed E-state index contributed by atoms with van der Waals surface area (Å²) in [5, 5.41) is 3.61. The van der Waals surface area contributed by atoms with Crippen LogP contribution in [0.1, 0.15) is 42.8 Å². The minimum Gasteiger partial charge on any atom is -0.339 e. The molecule has 1 saturated carbocycles. The van der Waals surface area contributed by atoms with Gasteiger partial charge >= 0.3 is 0 Å². The van der Waals surface area contributed by atoms with Crippen molar-refractivity contribution in [3.05, 3.63) is 11.7 Å². The molecule has 60 valence electrons. The zero-order valence-corrected chi connectivity index (χ0v) is 7.01. The molecule has 0 aromatic carbocycles. The summed E-state index contributed by atoms with van der Waals surface area (Å²) in [7, 11) is 0. The molecule has 0 radical (unpaired) electrons. The standard InChI is InChI=1S/C7H9ClN2O/c1-4(8)6-9-7(11-10-6)5-2-3-5/h4-5H,2-3H2,1H3. The fraction of sp³-hybridized carbons (Fsp3) is 0.714. The number of rotatable bonds is 2. The number of aromatic nitrogens is 2. The monoisotopic (exact) mass is 172 g/mol. The molecule has 1 heterocycles. The second kappa shape index (κ2) is 2.48. The van der Waals surface area contributed by atoms with Gasteiger partial charge in [-0.25, -0.2) is 0 Å². The first-order valence-electron chi connectivity index (χ1n) is 3.75. The number of hydrogen-bond donors (Lipinski definition) is 0. The summed E-state index contributed by atoms with van der Waals surface area (Å²) in [6, 6.07) is 0. The Morgan fingerprint density at radius 2 is 2.36 bits per heavy atom. The van der Waals surface area contributed by atoms with Crippen molar-refractivity contribution in [1.29, 1.82) is 0 Å². The van der Waals surface area contributed by atoms with E-state index in [9.17, 15) is 0 Å². The minimum absolute atomic E-state index is 0.147. The highest BCUT2D eigenvalue weighted by molar-refractivity contribution is 6.20. The lowest BCUT2D eigenvalue weighted by molar-refractivity contribution is 0.374. The molecule has 0 amide bonds. The molecule has 1 aliphatic rings. The molecule has 1 fully saturated rings. The molecule has 1 aromatic rings. The zero-order valence-electron chi connectivity index (χ0n) is 6.25. The van der Waals surface area contributed by atoms with Gasteiger partial charge in [-0.15, -0.1) is 11.6 Å². The van der Waals surface area contributed by atoms with Crippen LogP contribution in [0.5, 0.6) is 0 Å². The van der Waals surface area contributed by atoms with Crippen molar-refractivity contribution in [3.8, 4) is 0 Å². The molecule has 0 bridgehead atoms. The van der Waals surface area contributed by atoms with Gasteiger partial charge in [0.05, 0.1) is 5.38 Å². The van der Waals surface area contributed by atoms with Crippen LogP contribution in [0, 0.1) is 0 Å². The summed E-state index contributed by atoms with van der Waals surface area (Å²) >= 11 is 5.76. The summed E-state index contributed by atoms with van der Waals surface area (Å²) in [6.45, 7) is 1.84. The van der Waals surface area contributed by atoms with E-state index in [0.717, 1.165) is 5.89 Å². The quantitative estimate of drug-likeness (QED) is 0.643. The normalized spacial score (nSPS) is 20.2. The highest BCUT2D eigenvalue weighted by Gasteiger charge is 2.29. The summed E-state index contributed by atoms with van der Waals surface area (Å²) in [5.74, 6) is 1.88. The molecule has 1 unspecified atom stereocenters. The molecular weight excluding hydrogens is 164 g/mol. The van der Waals surface area contributed by atoms with Crippen molar-refractivity contribution in [2.75, 3.05) is 0 Å². The van der Waals surface area contributed by atoms with E-state index >= 15 is 0 Å². The van der Waals surface area contributed by atoms with Crippen LogP contribution in [0.3, 0.4) is 0 Å². The molecule has 11 heavy (non-hydrogen) atoms. The van der Waals surface area contributed by atoms with E-state index in [4.69, 9.17) is 16.1 Å². The van der Waals surface area contributed by atoms with Crippen LogP contribution in [0.2, 0.25) is 0 Å². The molecule has 0 N–H and O–H groups in total. The Hall–Kier alpha value is -0.570. The SMILES string of the molecule is CC(Cl)c1noc(C2CC2)n1. The van der Waals surface area contributed by atoms with Crippen molar-refractivity contribution in [2.45, 2.75) is 31.1 Å². The largest absolute Gasteiger partial charge is 0.339 e. The van der Waals surface area contributed by atoms with E-state index in [0.29, 0.717) is 11.7 Å². The fourth-order valence-electron chi connectivity index (χ4n) is 0.905. The highest BCUT2D eigenvalue weighted by Crippen LogP contribution is 2.39. The number of hydrogen-bond acceptors (Lipinski definition) is 3. The van der Waals surface area contributed by atoms with Gasteiger partial charge < -0.3 is 4.52 Å². The van der Waals surface area contributed by atoms with Crippen molar-refractivity contribution >= 4 is 11.6 Å². The molecule has 0 saturated heterocycles. The lowest BCUT2D eigenvalue weighted by atomic mass is 10.4. The molecule has 1 aromatic heterocycles. The first kappa shape index (κ1) is 7.10. The Morgan fingerprint density at radius 1 is 1.64 bits per heavy atom. The minimum atomic E-state index is -0.147. The van der Waals surface area contributed by atoms with Gasteiger partial charge in [0.25, 0.3) is 0 Å². The van der Waals surface area contributed by atoms with Crippen molar-refractivity contribution in [1.82, 2.24) is 10.1 Å². The van der Waals surface area contributed by atoms with E-state index in [-0.39, 0.29) is 5.38 Å². The molecular formula is C7H9ClN2O. The van der Waals surface area contributed by atoms with Gasteiger partial charge in [-0.3, -0.25) is 0 Å². The topological polar surface area (TPSA) is 38.9 Å². The Kier molecular flexibility index (Phi) is 1.60. The van der Waals surface area contributed by atoms with Crippen LogP contribution in [0.4, 0.5) is 0 Å². The van der Waals surface area contributed by atoms with Crippen LogP contribution < -0.4 is 0 Å². The van der Waals surface area contributed by atoms with Crippen LogP contribution in [0.15, 0.2) is 4.52 Å². The third-order valence-corrected chi connectivity index (χ3v) is 1.94. The van der Waals surface area contributed by atoms with Crippen LogP contribution in [0.25, 0.3) is 0 Å². The van der Waals surface area contributed by atoms with E-state index < -0.39 is 0 Å². The van der Waals surface area contributed by atoms with Gasteiger partial charge in [0.2, 0.25) is 5.89 Å². The van der Waals surface area contributed by atoms with Gasteiger partial charge in [-0.1, -0.05) is 5.16 Å². The second-order valence-corrected chi connectivity index (χ2v) is 3.54. The molecule has 0 aliphatic heterocycles. The molecule has 2 rings (SSSR count). The summed E-state index contributed by atoms with van der Waals surface area (Å²) in [4.78, 5) is 4.16. The van der Waals surface area contributed by atoms with Gasteiger partial charge in [-0.2, -0.15) is 4.98 Å². The summed E-state index contributed by atoms with van der Waals surface area (Å²) in [6.07, 6.45) is 2.36. The van der Waals surface area contributed by atoms with Crippen molar-refractivity contribution in [3.63, 3.8) is 0 Å². The van der Waals surface area contributed by atoms with E-state index in [1.807, 2.05) is 6.92 Å². The third-order valence-electron chi connectivity index (χ3n) is 1.74. The Balaban J connectivity index is 2.18. The van der Waals surface area contributed by atoms with Gasteiger partial charge in [-0.05, 0) is 19.8 Å². The Labute approximate surface area is 69.7 Å². The average molecular weight is 173 g/mol. The predicted octanol–water partition coefficient (Wildman–Crippen LogP) is 2.25. The fourth-order valence-corrected chi connectivity index (χ4v) is 0.994. The van der Waals surface area contributed by atoms with E-state index in [1.54, 1.807) is 0 Å². The van der Waals surface area contributed by atoms with Gasteiger partial charge in [0.15, 0.2) is 5.82 Å². The van der Waals surface area contributed by atoms with Gasteiger partial charge in [0.1, 0.15) is 0 Å². The molecule has 4 heteroatoms. The van der Waals surface area contributed by atoms with Crippen LogP contribution >= 0.6 is 11.6 Å². The maximum atomic E-state index is 5.76. The second-order valence-electron chi connectivity index (χ2n) is 2.88. The predicted molar refractivity (Wildman–Crippen MR) is 40.5 cm³/mol.